The summed E-state index contributed by atoms with van der Waals surface area (Å²) >= 11 is 0. The fourth-order valence-corrected chi connectivity index (χ4v) is 3.95. The smallest absolute Gasteiger partial charge is 0.346 e. The number of hydrogen-bond acceptors (Lipinski definition) is 4. The van der Waals surface area contributed by atoms with Crippen molar-refractivity contribution in [3.63, 3.8) is 0 Å². The summed E-state index contributed by atoms with van der Waals surface area (Å²) in [5.74, 6) is -0.540. The number of aliphatic carboxylic acids is 1. The number of carbonyl (C=O) groups is 1. The Morgan fingerprint density at radius 3 is 2.00 bits per heavy atom. The third kappa shape index (κ3) is 4.54. The molecule has 168 valence electrons. The van der Waals surface area contributed by atoms with Gasteiger partial charge in [0.15, 0.2) is 0 Å². The van der Waals surface area contributed by atoms with Crippen LogP contribution in [-0.2, 0) is 4.79 Å². The maximum atomic E-state index is 11.1. The van der Waals surface area contributed by atoms with Crippen molar-refractivity contribution in [2.75, 3.05) is 4.90 Å². The van der Waals surface area contributed by atoms with Crippen LogP contribution in [0.25, 0.3) is 28.4 Å². The Bertz CT molecular complexity index is 1520. The second-order valence-electron chi connectivity index (χ2n) is 7.94. The first-order chi connectivity index (χ1) is 17.1. The maximum absolute atomic E-state index is 11.1. The number of rotatable bonds is 6. The molecule has 0 bridgehead atoms. The van der Waals surface area contributed by atoms with Crippen LogP contribution in [0.2, 0.25) is 0 Å². The fraction of sp³-hybridized carbons (Fsp3) is 0. The lowest BCUT2D eigenvalue weighted by Gasteiger charge is -2.25. The molecule has 0 fully saturated rings. The van der Waals surface area contributed by atoms with Gasteiger partial charge in [-0.2, -0.15) is 5.26 Å². The summed E-state index contributed by atoms with van der Waals surface area (Å²) in [5.41, 5.74) is 5.02. The molecule has 1 N–H and O–H groups in total. The van der Waals surface area contributed by atoms with E-state index in [-0.39, 0.29) is 5.57 Å². The number of fused-ring (bicyclic) bond motifs is 1. The molecular formula is C30H20N2O3. The Morgan fingerprint density at radius 1 is 0.800 bits per heavy atom. The zero-order chi connectivity index (χ0) is 24.2. The van der Waals surface area contributed by atoms with Gasteiger partial charge in [-0.1, -0.05) is 60.7 Å². The molecule has 0 unspecified atom stereocenters. The predicted molar refractivity (Wildman–Crippen MR) is 138 cm³/mol. The fourth-order valence-electron chi connectivity index (χ4n) is 3.95. The Morgan fingerprint density at radius 2 is 1.43 bits per heavy atom. The number of hydrogen-bond donors (Lipinski definition) is 1. The highest BCUT2D eigenvalue weighted by atomic mass is 16.4. The molecule has 5 rings (SSSR count). The molecule has 0 amide bonds. The normalized spacial score (nSPS) is 11.2. The molecule has 0 saturated carbocycles. The van der Waals surface area contributed by atoms with E-state index >= 15 is 0 Å². The summed E-state index contributed by atoms with van der Waals surface area (Å²) in [6.07, 6.45) is 1.35. The summed E-state index contributed by atoms with van der Waals surface area (Å²) in [7, 11) is 0. The number of carboxylic acids is 1. The molecule has 35 heavy (non-hydrogen) atoms. The van der Waals surface area contributed by atoms with Crippen molar-refractivity contribution < 1.29 is 14.3 Å². The highest BCUT2D eigenvalue weighted by Crippen LogP contribution is 2.37. The Hall–Kier alpha value is -5.08. The minimum Gasteiger partial charge on any atom is -0.477 e. The highest BCUT2D eigenvalue weighted by Gasteiger charge is 2.14. The van der Waals surface area contributed by atoms with Gasteiger partial charge in [-0.05, 0) is 54.1 Å². The maximum Gasteiger partial charge on any atom is 0.346 e. The lowest BCUT2D eigenvalue weighted by atomic mass is 10.1. The average Bonchev–Trinajstić information content (AvgIpc) is 3.32. The molecule has 0 saturated heterocycles. The SMILES string of the molecule is N#C/C(=C/c1ccc(-c2cc3ccc(N(c4ccccc4)c4ccccc4)cc3o2)cc1)C(=O)O. The van der Waals surface area contributed by atoms with Crippen molar-refractivity contribution in [2.45, 2.75) is 0 Å². The molecule has 0 spiro atoms. The Balaban J connectivity index is 1.51. The first-order valence-electron chi connectivity index (χ1n) is 11.0. The van der Waals surface area contributed by atoms with Crippen molar-refractivity contribution >= 4 is 40.1 Å². The third-order valence-electron chi connectivity index (χ3n) is 5.65. The molecule has 5 aromatic rings. The van der Waals surface area contributed by atoms with Gasteiger partial charge in [0.2, 0.25) is 0 Å². The van der Waals surface area contributed by atoms with Crippen molar-refractivity contribution in [1.29, 1.82) is 5.26 Å². The van der Waals surface area contributed by atoms with Crippen LogP contribution in [0.5, 0.6) is 0 Å². The first-order valence-corrected chi connectivity index (χ1v) is 11.0. The molecule has 5 heteroatoms. The van der Waals surface area contributed by atoms with Crippen molar-refractivity contribution in [3.8, 4) is 17.4 Å². The van der Waals surface area contributed by atoms with Gasteiger partial charge in [-0.3, -0.25) is 0 Å². The van der Waals surface area contributed by atoms with Crippen LogP contribution in [-0.4, -0.2) is 11.1 Å². The van der Waals surface area contributed by atoms with E-state index in [0.29, 0.717) is 11.3 Å². The van der Waals surface area contributed by atoms with E-state index in [9.17, 15) is 4.79 Å². The van der Waals surface area contributed by atoms with E-state index in [1.165, 1.54) is 6.08 Å². The second-order valence-corrected chi connectivity index (χ2v) is 7.94. The predicted octanol–water partition coefficient (Wildman–Crippen LogP) is 7.56. The number of anilines is 3. The quantitative estimate of drug-likeness (QED) is 0.211. The van der Waals surface area contributed by atoms with Crippen molar-refractivity contribution in [2.24, 2.45) is 0 Å². The molecule has 0 aliphatic carbocycles. The lowest BCUT2D eigenvalue weighted by Crippen LogP contribution is -2.09. The van der Waals surface area contributed by atoms with E-state index in [4.69, 9.17) is 14.8 Å². The van der Waals surface area contributed by atoms with Gasteiger partial charge in [0.1, 0.15) is 23.0 Å². The van der Waals surface area contributed by atoms with Crippen LogP contribution in [0.4, 0.5) is 17.1 Å². The average molecular weight is 457 g/mol. The van der Waals surface area contributed by atoms with Crippen LogP contribution in [0.3, 0.4) is 0 Å². The summed E-state index contributed by atoms with van der Waals surface area (Å²) in [5, 5.41) is 19.0. The molecule has 0 aliphatic rings. The van der Waals surface area contributed by atoms with Crippen LogP contribution in [0.1, 0.15) is 5.56 Å². The van der Waals surface area contributed by atoms with Gasteiger partial charge < -0.3 is 14.4 Å². The van der Waals surface area contributed by atoms with E-state index in [0.717, 1.165) is 33.6 Å². The van der Waals surface area contributed by atoms with Crippen LogP contribution in [0, 0.1) is 11.3 Å². The zero-order valence-electron chi connectivity index (χ0n) is 18.6. The second kappa shape index (κ2) is 9.42. The van der Waals surface area contributed by atoms with Crippen LogP contribution < -0.4 is 4.90 Å². The first kappa shape index (κ1) is 21.7. The van der Waals surface area contributed by atoms with Gasteiger partial charge in [0, 0.05) is 34.1 Å². The minimum absolute atomic E-state index is 0.310. The summed E-state index contributed by atoms with van der Waals surface area (Å²) in [6.45, 7) is 0. The number of furan rings is 1. The molecule has 0 radical (unpaired) electrons. The number of nitrogens with zero attached hydrogens (tertiary/aromatic N) is 2. The standard InChI is InChI=1S/C30H20N2O3/c31-20-24(30(33)34)17-21-11-13-22(14-12-21)28-18-23-15-16-27(19-29(23)35-28)32(25-7-3-1-4-8-25)26-9-5-2-6-10-26/h1-19H,(H,33,34)/b24-17-. The van der Waals surface area contributed by atoms with Gasteiger partial charge in [0.25, 0.3) is 0 Å². The van der Waals surface area contributed by atoms with Crippen LogP contribution in [0.15, 0.2) is 119 Å². The molecule has 5 nitrogen and oxygen atoms in total. The van der Waals surface area contributed by atoms with Crippen molar-refractivity contribution in [1.82, 2.24) is 0 Å². The monoisotopic (exact) mass is 456 g/mol. The lowest BCUT2D eigenvalue weighted by molar-refractivity contribution is -0.132. The van der Waals surface area contributed by atoms with E-state index < -0.39 is 5.97 Å². The third-order valence-corrected chi connectivity index (χ3v) is 5.65. The highest BCUT2D eigenvalue weighted by molar-refractivity contribution is 5.96. The number of para-hydroxylation sites is 2. The molecule has 0 aliphatic heterocycles. The van der Waals surface area contributed by atoms with Crippen molar-refractivity contribution in [3.05, 3.63) is 120 Å². The van der Waals surface area contributed by atoms with E-state index in [1.807, 2.05) is 66.7 Å². The Kier molecular flexibility index (Phi) is 5.85. The number of benzene rings is 4. The summed E-state index contributed by atoms with van der Waals surface area (Å²) in [6, 6.07) is 37.4. The minimum atomic E-state index is -1.25. The largest absolute Gasteiger partial charge is 0.477 e. The molecular weight excluding hydrogens is 436 g/mol. The van der Waals surface area contributed by atoms with E-state index in [1.54, 1.807) is 18.2 Å². The van der Waals surface area contributed by atoms with E-state index in [2.05, 4.69) is 35.2 Å². The number of nitriles is 1. The molecule has 4 aromatic carbocycles. The summed E-state index contributed by atoms with van der Waals surface area (Å²) in [4.78, 5) is 13.2. The van der Waals surface area contributed by atoms with Crippen LogP contribution >= 0.6 is 0 Å². The summed E-state index contributed by atoms with van der Waals surface area (Å²) < 4.78 is 6.21. The number of carboxylic acid groups (broad SMARTS) is 1. The zero-order valence-corrected chi connectivity index (χ0v) is 18.6. The molecule has 0 atom stereocenters. The topological polar surface area (TPSA) is 77.5 Å². The van der Waals surface area contributed by atoms with Gasteiger partial charge in [-0.25, -0.2) is 4.79 Å². The molecule has 1 aromatic heterocycles. The Labute approximate surface area is 202 Å². The van der Waals surface area contributed by atoms with Gasteiger partial charge >= 0.3 is 5.97 Å². The van der Waals surface area contributed by atoms with Gasteiger partial charge in [-0.15, -0.1) is 0 Å². The molecule has 1 heterocycles. The van der Waals surface area contributed by atoms with Gasteiger partial charge in [0.05, 0.1) is 0 Å².